The average Bonchev–Trinajstić information content (AvgIpc) is 2.83. The molecule has 2 fully saturated rings. The lowest BCUT2D eigenvalue weighted by molar-refractivity contribution is -0.165. The number of carbonyl (C=O) groups is 2. The van der Waals surface area contributed by atoms with Gasteiger partial charge in [0.15, 0.2) is 0 Å². The summed E-state index contributed by atoms with van der Waals surface area (Å²) in [5, 5.41) is 0. The van der Waals surface area contributed by atoms with Gasteiger partial charge in [-0.15, -0.1) is 0 Å². The van der Waals surface area contributed by atoms with E-state index < -0.39 is 30.2 Å². The summed E-state index contributed by atoms with van der Waals surface area (Å²) in [5.41, 5.74) is -0.312. The summed E-state index contributed by atoms with van der Waals surface area (Å²) in [6, 6.07) is 3.59. The van der Waals surface area contributed by atoms with Crippen LogP contribution < -0.4 is 0 Å². The lowest BCUT2D eigenvalue weighted by atomic mass is 9.77. The topological polar surface area (TPSA) is 62.7 Å². The van der Waals surface area contributed by atoms with Crippen molar-refractivity contribution in [1.29, 1.82) is 0 Å². The quantitative estimate of drug-likeness (QED) is 0.819. The molecule has 0 bridgehead atoms. The first-order valence-electron chi connectivity index (χ1n) is 8.18. The van der Waals surface area contributed by atoms with E-state index in [0.717, 1.165) is 10.5 Å². The second-order valence-electron chi connectivity index (χ2n) is 6.83. The zero-order valence-electron chi connectivity index (χ0n) is 14.1. The molecule has 6 nitrogen and oxygen atoms in total. The predicted molar refractivity (Wildman–Crippen MR) is 84.7 cm³/mol. The molecule has 1 unspecified atom stereocenters. The van der Waals surface area contributed by atoms with Crippen LogP contribution in [0.1, 0.15) is 18.4 Å². The molecule has 0 aromatic carbocycles. The van der Waals surface area contributed by atoms with E-state index in [1.807, 2.05) is 0 Å². The van der Waals surface area contributed by atoms with E-state index in [0.29, 0.717) is 19.5 Å². The van der Waals surface area contributed by atoms with E-state index in [1.54, 1.807) is 29.4 Å². The number of piperidine rings is 1. The van der Waals surface area contributed by atoms with Crippen LogP contribution in [0.2, 0.25) is 0 Å². The zero-order valence-corrected chi connectivity index (χ0v) is 14.1. The van der Waals surface area contributed by atoms with Gasteiger partial charge in [-0.05, 0) is 24.1 Å². The Morgan fingerprint density at radius 1 is 1.32 bits per heavy atom. The number of nitrogens with zero attached hydrogens (tertiary/aromatic N) is 3. The smallest absolute Gasteiger partial charge is 0.266 e. The van der Waals surface area contributed by atoms with Gasteiger partial charge < -0.3 is 14.5 Å². The molecule has 3 rings (SSSR count). The number of halogens is 2. The first-order chi connectivity index (χ1) is 11.9. The Bertz CT molecular complexity index is 656. The summed E-state index contributed by atoms with van der Waals surface area (Å²) < 4.78 is 33.3. The summed E-state index contributed by atoms with van der Waals surface area (Å²) in [6.45, 7) is -0.129. The van der Waals surface area contributed by atoms with Crippen molar-refractivity contribution in [2.75, 3.05) is 33.4 Å². The third-order valence-electron chi connectivity index (χ3n) is 4.86. The number of amides is 2. The molecule has 2 aliphatic heterocycles. The van der Waals surface area contributed by atoms with Crippen LogP contribution in [-0.4, -0.2) is 65.9 Å². The third-order valence-corrected chi connectivity index (χ3v) is 4.86. The van der Waals surface area contributed by atoms with Gasteiger partial charge in [-0.25, -0.2) is 8.78 Å². The number of likely N-dealkylation sites (tertiary alicyclic amines) is 2. The molecule has 1 aromatic rings. The van der Waals surface area contributed by atoms with Gasteiger partial charge >= 0.3 is 0 Å². The Labute approximate surface area is 144 Å². The van der Waals surface area contributed by atoms with Crippen LogP contribution in [0, 0.1) is 5.41 Å². The van der Waals surface area contributed by atoms with E-state index in [2.05, 4.69) is 4.98 Å². The molecule has 0 radical (unpaired) electrons. The maximum absolute atomic E-state index is 14.3. The Morgan fingerprint density at radius 2 is 2.04 bits per heavy atom. The van der Waals surface area contributed by atoms with E-state index in [9.17, 15) is 18.4 Å². The fourth-order valence-electron chi connectivity index (χ4n) is 3.76. The van der Waals surface area contributed by atoms with Gasteiger partial charge in [0.25, 0.3) is 5.92 Å². The van der Waals surface area contributed by atoms with Gasteiger partial charge in [0.2, 0.25) is 11.8 Å². The number of aromatic nitrogens is 1. The molecule has 1 spiro atoms. The maximum Gasteiger partial charge on any atom is 0.266 e. The van der Waals surface area contributed by atoms with E-state index >= 15 is 0 Å². The van der Waals surface area contributed by atoms with Crippen molar-refractivity contribution < 1.29 is 23.1 Å². The monoisotopic (exact) mass is 353 g/mol. The number of ether oxygens (including phenoxy) is 1. The Hall–Kier alpha value is -2.09. The molecule has 0 saturated carbocycles. The van der Waals surface area contributed by atoms with Crippen LogP contribution in [0.15, 0.2) is 24.5 Å². The molecule has 1 aromatic heterocycles. The van der Waals surface area contributed by atoms with Gasteiger partial charge in [-0.3, -0.25) is 14.6 Å². The Balaban J connectivity index is 1.78. The zero-order chi connectivity index (χ0) is 18.1. The molecule has 2 saturated heterocycles. The largest absolute Gasteiger partial charge is 0.375 e. The second-order valence-corrected chi connectivity index (χ2v) is 6.83. The molecule has 0 aliphatic carbocycles. The summed E-state index contributed by atoms with van der Waals surface area (Å²) in [4.78, 5) is 31.5. The van der Waals surface area contributed by atoms with Crippen LogP contribution in [0.4, 0.5) is 8.78 Å². The molecule has 2 amide bonds. The number of hydrogen-bond donors (Lipinski definition) is 0. The van der Waals surface area contributed by atoms with Gasteiger partial charge in [-0.1, -0.05) is 0 Å². The molecule has 1 atom stereocenters. The van der Waals surface area contributed by atoms with Crippen molar-refractivity contribution in [3.05, 3.63) is 30.1 Å². The first kappa shape index (κ1) is 17.7. The van der Waals surface area contributed by atoms with Gasteiger partial charge in [0, 0.05) is 45.6 Å². The minimum absolute atomic E-state index is 0.0243. The standard InChI is InChI=1S/C17H21F2N3O3/c1-25-9-14(23)22-11-16(10-17(18,19)12-22)4-7-21(15(16)24)8-13-2-5-20-6-3-13/h2-3,5-6H,4,7-12H2,1H3. The normalized spacial score (nSPS) is 25.6. The number of pyridine rings is 1. The van der Waals surface area contributed by atoms with Gasteiger partial charge in [0.05, 0.1) is 12.0 Å². The van der Waals surface area contributed by atoms with E-state index in [4.69, 9.17) is 4.74 Å². The highest BCUT2D eigenvalue weighted by Crippen LogP contribution is 2.46. The van der Waals surface area contributed by atoms with E-state index in [-0.39, 0.29) is 19.1 Å². The van der Waals surface area contributed by atoms with E-state index in [1.165, 1.54) is 7.11 Å². The van der Waals surface area contributed by atoms with Crippen molar-refractivity contribution in [2.45, 2.75) is 25.3 Å². The summed E-state index contributed by atoms with van der Waals surface area (Å²) in [5.74, 6) is -3.90. The second kappa shape index (κ2) is 6.67. The predicted octanol–water partition coefficient (Wildman–Crippen LogP) is 1.31. The Kier molecular flexibility index (Phi) is 4.73. The van der Waals surface area contributed by atoms with Crippen LogP contribution in [0.5, 0.6) is 0 Å². The fourth-order valence-corrected chi connectivity index (χ4v) is 3.76. The summed E-state index contributed by atoms with van der Waals surface area (Å²) in [6.07, 6.45) is 3.07. The minimum Gasteiger partial charge on any atom is -0.375 e. The van der Waals surface area contributed by atoms with Crippen molar-refractivity contribution in [3.8, 4) is 0 Å². The van der Waals surface area contributed by atoms with Crippen LogP contribution in [0.25, 0.3) is 0 Å². The van der Waals surface area contributed by atoms with Crippen molar-refractivity contribution in [2.24, 2.45) is 5.41 Å². The summed E-state index contributed by atoms with van der Waals surface area (Å²) in [7, 11) is 1.34. The Morgan fingerprint density at radius 3 is 2.72 bits per heavy atom. The van der Waals surface area contributed by atoms with Crippen molar-refractivity contribution in [3.63, 3.8) is 0 Å². The van der Waals surface area contributed by atoms with Crippen molar-refractivity contribution in [1.82, 2.24) is 14.8 Å². The lowest BCUT2D eigenvalue weighted by Crippen LogP contribution is -2.57. The SMILES string of the molecule is COCC(=O)N1CC(F)(F)CC2(CCN(Cc3ccncc3)C2=O)C1. The van der Waals surface area contributed by atoms with Gasteiger partial charge in [-0.2, -0.15) is 0 Å². The molecule has 3 heterocycles. The third kappa shape index (κ3) is 3.63. The molecule has 25 heavy (non-hydrogen) atoms. The number of rotatable bonds is 4. The number of methoxy groups -OCH3 is 1. The van der Waals surface area contributed by atoms with Crippen molar-refractivity contribution >= 4 is 11.8 Å². The molecule has 2 aliphatic rings. The lowest BCUT2D eigenvalue weighted by Gasteiger charge is -2.42. The van der Waals surface area contributed by atoms with Crippen LogP contribution in [-0.2, 0) is 20.9 Å². The van der Waals surface area contributed by atoms with Gasteiger partial charge in [0.1, 0.15) is 6.61 Å². The highest BCUT2D eigenvalue weighted by molar-refractivity contribution is 5.87. The molecule has 0 N–H and O–H groups in total. The molecular formula is C17H21F2N3O3. The number of carbonyl (C=O) groups excluding carboxylic acids is 2. The molecule has 136 valence electrons. The number of hydrogen-bond acceptors (Lipinski definition) is 4. The number of alkyl halides is 2. The van der Waals surface area contributed by atoms with Crippen LogP contribution in [0.3, 0.4) is 0 Å². The molecular weight excluding hydrogens is 332 g/mol. The van der Waals surface area contributed by atoms with Crippen LogP contribution >= 0.6 is 0 Å². The first-order valence-corrected chi connectivity index (χ1v) is 8.18. The fraction of sp³-hybridized carbons (Fsp3) is 0.588. The minimum atomic E-state index is -3.08. The maximum atomic E-state index is 14.3. The molecule has 8 heteroatoms. The highest BCUT2D eigenvalue weighted by atomic mass is 19.3. The summed E-state index contributed by atoms with van der Waals surface area (Å²) >= 11 is 0. The average molecular weight is 353 g/mol. The highest BCUT2D eigenvalue weighted by Gasteiger charge is 2.57.